The normalized spacial score (nSPS) is 22.3. The topological polar surface area (TPSA) is 130 Å². The van der Waals surface area contributed by atoms with Gasteiger partial charge in [-0.15, -0.1) is 0 Å². The third kappa shape index (κ3) is 5.22. The van der Waals surface area contributed by atoms with Crippen LogP contribution in [0.1, 0.15) is 19.8 Å². The van der Waals surface area contributed by atoms with E-state index in [1.54, 1.807) is 0 Å². The first-order valence-corrected chi connectivity index (χ1v) is 12.3. The number of piperidine rings is 1. The molecule has 9 nitrogen and oxygen atoms in total. The molecule has 0 aromatic heterocycles. The maximum atomic E-state index is 12.8. The summed E-state index contributed by atoms with van der Waals surface area (Å²) in [5, 5.41) is 6.39. The van der Waals surface area contributed by atoms with E-state index in [1.165, 1.54) is 41.6 Å². The summed E-state index contributed by atoms with van der Waals surface area (Å²) in [4.78, 5) is 23.6. The van der Waals surface area contributed by atoms with Gasteiger partial charge in [0, 0.05) is 37.0 Å². The van der Waals surface area contributed by atoms with Gasteiger partial charge in [0.1, 0.15) is 0 Å². The molecule has 2 N–H and O–H groups in total. The highest BCUT2D eigenvalue weighted by atomic mass is 32.2. The minimum absolute atomic E-state index is 0.121. The van der Waals surface area contributed by atoms with Crippen molar-refractivity contribution in [2.24, 2.45) is 5.92 Å². The molecule has 0 unspecified atom stereocenters. The van der Waals surface area contributed by atoms with Crippen LogP contribution in [0.4, 0.5) is 5.69 Å². The SMILES string of the molecule is CC(=O)Nc1ccc(S(=O)(=O)N2CCC(C(=O)N[C@H]3C=CS(=O)(=O)C3)CC2)cc1. The second-order valence-electron chi connectivity index (χ2n) is 7.16. The van der Waals surface area contributed by atoms with E-state index in [0.717, 1.165) is 5.41 Å². The Kier molecular flexibility index (Phi) is 6.11. The summed E-state index contributed by atoms with van der Waals surface area (Å²) in [5.74, 6) is -0.999. The number of nitrogens with zero attached hydrogens (tertiary/aromatic N) is 1. The predicted molar refractivity (Wildman–Crippen MR) is 107 cm³/mol. The third-order valence-electron chi connectivity index (χ3n) is 4.89. The van der Waals surface area contributed by atoms with E-state index in [1.807, 2.05) is 0 Å². The van der Waals surface area contributed by atoms with Crippen molar-refractivity contribution in [3.63, 3.8) is 0 Å². The van der Waals surface area contributed by atoms with E-state index < -0.39 is 25.9 Å². The Labute approximate surface area is 170 Å². The summed E-state index contributed by atoms with van der Waals surface area (Å²) in [7, 11) is -6.94. The lowest BCUT2D eigenvalue weighted by Crippen LogP contribution is -2.45. The molecule has 2 amide bonds. The van der Waals surface area contributed by atoms with Crippen molar-refractivity contribution >= 4 is 37.4 Å². The van der Waals surface area contributed by atoms with Crippen molar-refractivity contribution in [3.05, 3.63) is 35.7 Å². The maximum absolute atomic E-state index is 12.8. The van der Waals surface area contributed by atoms with Crippen LogP contribution in [0.15, 0.2) is 40.6 Å². The molecule has 2 aliphatic rings. The number of sulfone groups is 1. The van der Waals surface area contributed by atoms with Crippen LogP contribution < -0.4 is 10.6 Å². The molecule has 1 fully saturated rings. The fourth-order valence-corrected chi connectivity index (χ4v) is 6.09. The van der Waals surface area contributed by atoms with Crippen molar-refractivity contribution in [1.29, 1.82) is 0 Å². The van der Waals surface area contributed by atoms with E-state index in [4.69, 9.17) is 0 Å². The first-order chi connectivity index (χ1) is 13.6. The summed E-state index contributed by atoms with van der Waals surface area (Å²) in [5.41, 5.74) is 0.509. The quantitative estimate of drug-likeness (QED) is 0.683. The van der Waals surface area contributed by atoms with E-state index in [0.29, 0.717) is 18.5 Å². The Morgan fingerprint density at radius 3 is 2.24 bits per heavy atom. The number of benzene rings is 1. The average molecular weight is 442 g/mol. The highest BCUT2D eigenvalue weighted by Gasteiger charge is 2.33. The number of sulfonamides is 1. The lowest BCUT2D eigenvalue weighted by atomic mass is 9.97. The summed E-state index contributed by atoms with van der Waals surface area (Å²) < 4.78 is 49.8. The lowest BCUT2D eigenvalue weighted by Gasteiger charge is -2.31. The number of anilines is 1. The molecule has 11 heteroatoms. The highest BCUT2D eigenvalue weighted by molar-refractivity contribution is 7.94. The molecule has 1 saturated heterocycles. The number of nitrogens with one attached hydrogen (secondary N) is 2. The standard InChI is InChI=1S/C18H23N3O6S2/c1-13(22)19-15-2-4-17(5-3-15)29(26,27)21-9-6-14(7-10-21)18(23)20-16-8-11-28(24,25)12-16/h2-5,8,11,14,16H,6-7,9-10,12H2,1H3,(H,19,22)(H,20,23)/t16-/m0/s1. The summed E-state index contributed by atoms with van der Waals surface area (Å²) in [6.45, 7) is 1.77. The first-order valence-electron chi connectivity index (χ1n) is 9.16. The summed E-state index contributed by atoms with van der Waals surface area (Å²) in [6, 6.07) is 5.39. The molecule has 1 atom stereocenters. The van der Waals surface area contributed by atoms with E-state index in [2.05, 4.69) is 10.6 Å². The van der Waals surface area contributed by atoms with Crippen LogP contribution in [0.2, 0.25) is 0 Å². The van der Waals surface area contributed by atoms with Gasteiger partial charge in [-0.2, -0.15) is 4.31 Å². The molecule has 158 valence electrons. The largest absolute Gasteiger partial charge is 0.349 e. The Balaban J connectivity index is 1.57. The van der Waals surface area contributed by atoms with Gasteiger partial charge in [-0.3, -0.25) is 9.59 Å². The number of hydrogen-bond donors (Lipinski definition) is 2. The smallest absolute Gasteiger partial charge is 0.243 e. The Morgan fingerprint density at radius 1 is 1.10 bits per heavy atom. The van der Waals surface area contributed by atoms with Crippen LogP contribution in [-0.2, 0) is 29.4 Å². The van der Waals surface area contributed by atoms with E-state index in [-0.39, 0.29) is 41.5 Å². The minimum atomic E-state index is -3.70. The van der Waals surface area contributed by atoms with Gasteiger partial charge < -0.3 is 10.6 Å². The highest BCUT2D eigenvalue weighted by Crippen LogP contribution is 2.25. The molecule has 3 rings (SSSR count). The molecule has 0 aliphatic carbocycles. The number of amides is 2. The average Bonchev–Trinajstić information content (AvgIpc) is 3.00. The first kappa shape index (κ1) is 21.5. The molecule has 1 aromatic carbocycles. The van der Waals surface area contributed by atoms with Gasteiger partial charge in [0.05, 0.1) is 16.7 Å². The monoisotopic (exact) mass is 441 g/mol. The number of carbonyl (C=O) groups excluding carboxylic acids is 2. The molecule has 1 aromatic rings. The van der Waals surface area contributed by atoms with Gasteiger partial charge in [-0.1, -0.05) is 0 Å². The summed E-state index contributed by atoms with van der Waals surface area (Å²) in [6.07, 6.45) is 2.17. The number of hydrogen-bond acceptors (Lipinski definition) is 6. The molecule has 0 radical (unpaired) electrons. The van der Waals surface area contributed by atoms with Crippen molar-refractivity contribution < 1.29 is 26.4 Å². The zero-order valence-corrected chi connectivity index (χ0v) is 17.5. The Hall–Kier alpha value is -2.24. The molecule has 0 saturated carbocycles. The van der Waals surface area contributed by atoms with Gasteiger partial charge in [-0.05, 0) is 43.2 Å². The van der Waals surface area contributed by atoms with Crippen molar-refractivity contribution in [1.82, 2.24) is 9.62 Å². The van der Waals surface area contributed by atoms with Gasteiger partial charge in [0.25, 0.3) is 0 Å². The summed E-state index contributed by atoms with van der Waals surface area (Å²) >= 11 is 0. The van der Waals surface area contributed by atoms with Crippen LogP contribution in [0.3, 0.4) is 0 Å². The number of carbonyl (C=O) groups is 2. The zero-order valence-electron chi connectivity index (χ0n) is 15.9. The molecule has 2 aliphatic heterocycles. The second-order valence-corrected chi connectivity index (χ2v) is 11.0. The van der Waals surface area contributed by atoms with Gasteiger partial charge >= 0.3 is 0 Å². The molecular formula is C18H23N3O6S2. The van der Waals surface area contributed by atoms with E-state index >= 15 is 0 Å². The van der Waals surface area contributed by atoms with Crippen LogP contribution in [-0.4, -0.2) is 57.8 Å². The lowest BCUT2D eigenvalue weighted by molar-refractivity contribution is -0.126. The van der Waals surface area contributed by atoms with Crippen LogP contribution in [0.25, 0.3) is 0 Å². The molecule has 0 spiro atoms. The molecular weight excluding hydrogens is 418 g/mol. The van der Waals surface area contributed by atoms with Crippen molar-refractivity contribution in [3.8, 4) is 0 Å². The van der Waals surface area contributed by atoms with Crippen molar-refractivity contribution in [2.45, 2.75) is 30.7 Å². The van der Waals surface area contributed by atoms with Crippen LogP contribution in [0.5, 0.6) is 0 Å². The van der Waals surface area contributed by atoms with Crippen molar-refractivity contribution in [2.75, 3.05) is 24.2 Å². The third-order valence-corrected chi connectivity index (χ3v) is 8.20. The molecule has 2 heterocycles. The van der Waals surface area contributed by atoms with E-state index in [9.17, 15) is 26.4 Å². The number of rotatable bonds is 5. The molecule has 29 heavy (non-hydrogen) atoms. The zero-order chi connectivity index (χ0) is 21.2. The minimum Gasteiger partial charge on any atom is -0.349 e. The van der Waals surface area contributed by atoms with Gasteiger partial charge in [0.15, 0.2) is 9.84 Å². The maximum Gasteiger partial charge on any atom is 0.243 e. The second kappa shape index (κ2) is 8.25. The predicted octanol–water partition coefficient (Wildman–Crippen LogP) is 0.473. The van der Waals surface area contributed by atoms with Gasteiger partial charge in [-0.25, -0.2) is 16.8 Å². The Bertz CT molecular complexity index is 1020. The fourth-order valence-electron chi connectivity index (χ4n) is 3.39. The fraction of sp³-hybridized carbons (Fsp3) is 0.444. The van der Waals surface area contributed by atoms with Crippen LogP contribution >= 0.6 is 0 Å². The molecule has 0 bridgehead atoms. The van der Waals surface area contributed by atoms with Crippen LogP contribution in [0, 0.1) is 5.92 Å². The Morgan fingerprint density at radius 2 is 1.72 bits per heavy atom. The van der Waals surface area contributed by atoms with Gasteiger partial charge in [0.2, 0.25) is 21.8 Å².